The highest BCUT2D eigenvalue weighted by molar-refractivity contribution is 5.88. The standard InChI is InChI=1S/C15H24O/c1-7-15(6)9-8-12(10(2)3)14(16)13(15)11(4)5/h7,10,12-13H,1,4,8-9H2,2-3,5-6H3/t12-,13-,15+/m0/s1. The number of hydrogen-bond acceptors (Lipinski definition) is 1. The maximum Gasteiger partial charge on any atom is 0.144 e. The fourth-order valence-corrected chi connectivity index (χ4v) is 2.98. The first-order valence-corrected chi connectivity index (χ1v) is 6.16. The lowest BCUT2D eigenvalue weighted by Crippen LogP contribution is -2.43. The molecule has 1 nitrogen and oxygen atoms in total. The first kappa shape index (κ1) is 13.2. The second-order valence-electron chi connectivity index (χ2n) is 5.78. The van der Waals surface area contributed by atoms with Gasteiger partial charge < -0.3 is 0 Å². The number of Topliss-reactive ketones (excluding diaryl/α,β-unsaturated/α-hetero) is 1. The predicted octanol–water partition coefficient (Wildman–Crippen LogP) is 4.01. The van der Waals surface area contributed by atoms with E-state index in [4.69, 9.17) is 0 Å². The average Bonchev–Trinajstić information content (AvgIpc) is 2.16. The van der Waals surface area contributed by atoms with Crippen LogP contribution in [0.4, 0.5) is 0 Å². The first-order valence-electron chi connectivity index (χ1n) is 6.16. The lowest BCUT2D eigenvalue weighted by atomic mass is 9.60. The van der Waals surface area contributed by atoms with Crippen LogP contribution in [0.1, 0.15) is 40.5 Å². The molecule has 1 saturated carbocycles. The molecule has 0 aromatic carbocycles. The minimum atomic E-state index is -0.0890. The lowest BCUT2D eigenvalue weighted by Gasteiger charge is -2.43. The van der Waals surface area contributed by atoms with Gasteiger partial charge in [0.1, 0.15) is 5.78 Å². The van der Waals surface area contributed by atoms with E-state index in [9.17, 15) is 4.79 Å². The molecule has 0 amide bonds. The summed E-state index contributed by atoms with van der Waals surface area (Å²) in [5.74, 6) is 0.973. The maximum atomic E-state index is 12.5. The molecule has 1 fully saturated rings. The highest BCUT2D eigenvalue weighted by Crippen LogP contribution is 2.46. The molecule has 90 valence electrons. The molecule has 0 aromatic heterocycles. The van der Waals surface area contributed by atoms with Gasteiger partial charge in [0.05, 0.1) is 0 Å². The Morgan fingerprint density at radius 1 is 1.56 bits per heavy atom. The van der Waals surface area contributed by atoms with E-state index in [1.165, 1.54) is 0 Å². The van der Waals surface area contributed by atoms with Crippen LogP contribution < -0.4 is 0 Å². The van der Waals surface area contributed by atoms with Crippen LogP contribution in [0.15, 0.2) is 24.8 Å². The van der Waals surface area contributed by atoms with Crippen LogP contribution in [0.2, 0.25) is 0 Å². The summed E-state index contributed by atoms with van der Waals surface area (Å²) in [6, 6.07) is 0. The van der Waals surface area contributed by atoms with Crippen molar-refractivity contribution in [1.29, 1.82) is 0 Å². The van der Waals surface area contributed by atoms with E-state index >= 15 is 0 Å². The number of carbonyl (C=O) groups excluding carboxylic acids is 1. The quantitative estimate of drug-likeness (QED) is 0.657. The smallest absolute Gasteiger partial charge is 0.144 e. The number of allylic oxidation sites excluding steroid dienone is 2. The van der Waals surface area contributed by atoms with Gasteiger partial charge in [0.25, 0.3) is 0 Å². The topological polar surface area (TPSA) is 17.1 Å². The zero-order valence-electron chi connectivity index (χ0n) is 11.0. The molecular formula is C15H24O. The molecule has 1 aliphatic carbocycles. The molecule has 0 aromatic rings. The summed E-state index contributed by atoms with van der Waals surface area (Å²) in [5, 5.41) is 0. The van der Waals surface area contributed by atoms with Gasteiger partial charge in [-0.3, -0.25) is 4.79 Å². The van der Waals surface area contributed by atoms with E-state index in [2.05, 4.69) is 33.9 Å². The van der Waals surface area contributed by atoms with E-state index in [1.807, 2.05) is 13.0 Å². The predicted molar refractivity (Wildman–Crippen MR) is 69.2 cm³/mol. The largest absolute Gasteiger partial charge is 0.299 e. The molecule has 0 aliphatic heterocycles. The van der Waals surface area contributed by atoms with Gasteiger partial charge in [0, 0.05) is 11.8 Å². The first-order chi connectivity index (χ1) is 7.33. The summed E-state index contributed by atoms with van der Waals surface area (Å²) in [5.41, 5.74) is 0.895. The molecule has 1 rings (SSSR count). The van der Waals surface area contributed by atoms with Crippen molar-refractivity contribution in [3.8, 4) is 0 Å². The van der Waals surface area contributed by atoms with E-state index in [-0.39, 0.29) is 17.3 Å². The summed E-state index contributed by atoms with van der Waals surface area (Å²) in [6.45, 7) is 16.3. The Kier molecular flexibility index (Phi) is 3.77. The van der Waals surface area contributed by atoms with Gasteiger partial charge in [0.2, 0.25) is 0 Å². The normalized spacial score (nSPS) is 35.2. The molecule has 0 unspecified atom stereocenters. The lowest BCUT2D eigenvalue weighted by molar-refractivity contribution is -0.133. The van der Waals surface area contributed by atoms with E-state index in [0.29, 0.717) is 11.7 Å². The highest BCUT2D eigenvalue weighted by atomic mass is 16.1. The monoisotopic (exact) mass is 220 g/mol. The van der Waals surface area contributed by atoms with Gasteiger partial charge in [-0.15, -0.1) is 6.58 Å². The molecule has 0 N–H and O–H groups in total. The zero-order chi connectivity index (χ0) is 12.5. The zero-order valence-corrected chi connectivity index (χ0v) is 11.0. The molecule has 1 aliphatic rings. The number of ketones is 1. The van der Waals surface area contributed by atoms with Crippen LogP contribution in [0.25, 0.3) is 0 Å². The number of rotatable bonds is 3. The average molecular weight is 220 g/mol. The Hall–Kier alpha value is -0.850. The van der Waals surface area contributed by atoms with Crippen LogP contribution in [0.3, 0.4) is 0 Å². The van der Waals surface area contributed by atoms with Crippen molar-refractivity contribution in [2.45, 2.75) is 40.5 Å². The third kappa shape index (κ3) is 2.14. The summed E-state index contributed by atoms with van der Waals surface area (Å²) in [6.07, 6.45) is 3.98. The van der Waals surface area contributed by atoms with Crippen molar-refractivity contribution in [1.82, 2.24) is 0 Å². The van der Waals surface area contributed by atoms with Gasteiger partial charge in [0.15, 0.2) is 0 Å². The molecule has 1 heteroatoms. The third-order valence-corrected chi connectivity index (χ3v) is 4.07. The maximum absolute atomic E-state index is 12.5. The van der Waals surface area contributed by atoms with E-state index < -0.39 is 0 Å². The van der Waals surface area contributed by atoms with Gasteiger partial charge in [-0.2, -0.15) is 0 Å². The second-order valence-corrected chi connectivity index (χ2v) is 5.78. The number of carbonyl (C=O) groups is 1. The van der Waals surface area contributed by atoms with Crippen LogP contribution in [-0.4, -0.2) is 5.78 Å². The summed E-state index contributed by atoms with van der Waals surface area (Å²) in [4.78, 5) is 12.5. The Labute approximate surface area is 99.6 Å². The Morgan fingerprint density at radius 2 is 2.12 bits per heavy atom. The molecule has 0 bridgehead atoms. The van der Waals surface area contributed by atoms with Crippen LogP contribution in [0.5, 0.6) is 0 Å². The molecule has 0 saturated heterocycles. The molecule has 0 spiro atoms. The minimum absolute atomic E-state index is 0.0360. The van der Waals surface area contributed by atoms with E-state index in [1.54, 1.807) is 0 Å². The number of hydrogen-bond donors (Lipinski definition) is 0. The minimum Gasteiger partial charge on any atom is -0.299 e. The van der Waals surface area contributed by atoms with Gasteiger partial charge >= 0.3 is 0 Å². The van der Waals surface area contributed by atoms with Crippen LogP contribution >= 0.6 is 0 Å². The van der Waals surface area contributed by atoms with Crippen molar-refractivity contribution in [2.75, 3.05) is 0 Å². The summed E-state index contributed by atoms with van der Waals surface area (Å²) >= 11 is 0. The van der Waals surface area contributed by atoms with Crippen molar-refractivity contribution in [3.05, 3.63) is 24.8 Å². The van der Waals surface area contributed by atoms with E-state index in [0.717, 1.165) is 18.4 Å². The Morgan fingerprint density at radius 3 is 2.50 bits per heavy atom. The Bertz CT molecular complexity index is 313. The van der Waals surface area contributed by atoms with Crippen LogP contribution in [-0.2, 0) is 4.79 Å². The van der Waals surface area contributed by atoms with Gasteiger partial charge in [-0.1, -0.05) is 39.0 Å². The summed E-state index contributed by atoms with van der Waals surface area (Å²) in [7, 11) is 0. The second kappa shape index (κ2) is 4.57. The van der Waals surface area contributed by atoms with Crippen molar-refractivity contribution in [2.24, 2.45) is 23.2 Å². The SMILES string of the molecule is C=C[C@]1(C)CC[C@@H](C(C)C)C(=O)[C@@H]1C(=C)C. The molecular weight excluding hydrogens is 196 g/mol. The molecule has 3 atom stereocenters. The molecule has 0 heterocycles. The molecule has 16 heavy (non-hydrogen) atoms. The fraction of sp³-hybridized carbons (Fsp3) is 0.667. The van der Waals surface area contributed by atoms with Crippen molar-refractivity contribution < 1.29 is 4.79 Å². The Balaban J connectivity index is 3.06. The van der Waals surface area contributed by atoms with Crippen molar-refractivity contribution >= 4 is 5.78 Å². The van der Waals surface area contributed by atoms with Gasteiger partial charge in [-0.05, 0) is 31.1 Å². The van der Waals surface area contributed by atoms with Crippen LogP contribution in [0, 0.1) is 23.2 Å². The van der Waals surface area contributed by atoms with Gasteiger partial charge in [-0.25, -0.2) is 0 Å². The highest BCUT2D eigenvalue weighted by Gasteiger charge is 2.45. The fourth-order valence-electron chi connectivity index (χ4n) is 2.98. The van der Waals surface area contributed by atoms with Crippen molar-refractivity contribution in [3.63, 3.8) is 0 Å². The third-order valence-electron chi connectivity index (χ3n) is 4.07. The summed E-state index contributed by atoms with van der Waals surface area (Å²) < 4.78 is 0. The molecule has 0 radical (unpaired) electrons.